The molecule has 0 bridgehead atoms. The minimum Gasteiger partial charge on any atom is -0.346 e. The number of rotatable bonds is 2. The van der Waals surface area contributed by atoms with E-state index in [4.69, 9.17) is 0 Å². The summed E-state index contributed by atoms with van der Waals surface area (Å²) < 4.78 is 2.06. The Morgan fingerprint density at radius 3 is 2.96 bits per heavy atom. The van der Waals surface area contributed by atoms with E-state index in [0.717, 1.165) is 35.5 Å². The van der Waals surface area contributed by atoms with E-state index in [-0.39, 0.29) is 11.9 Å². The number of aromatic nitrogens is 5. The fourth-order valence-corrected chi connectivity index (χ4v) is 2.91. The van der Waals surface area contributed by atoms with Gasteiger partial charge in [-0.3, -0.25) is 9.78 Å². The summed E-state index contributed by atoms with van der Waals surface area (Å²) in [4.78, 5) is 21.1. The summed E-state index contributed by atoms with van der Waals surface area (Å²) in [6.07, 6.45) is 3.19. The van der Waals surface area contributed by atoms with Crippen LogP contribution in [0, 0.1) is 6.92 Å². The number of nitrogens with one attached hydrogen (secondary N) is 1. The van der Waals surface area contributed by atoms with Crippen LogP contribution >= 0.6 is 0 Å². The van der Waals surface area contributed by atoms with Gasteiger partial charge < -0.3 is 9.88 Å². The maximum absolute atomic E-state index is 12.4. The molecule has 1 N–H and O–H groups in total. The highest BCUT2D eigenvalue weighted by Crippen LogP contribution is 2.15. The Bertz CT molecular complexity index is 887. The highest BCUT2D eigenvalue weighted by Gasteiger charge is 2.23. The molecule has 1 unspecified atom stereocenters. The molecule has 116 valence electrons. The highest BCUT2D eigenvalue weighted by atomic mass is 16.2. The molecule has 3 heterocycles. The van der Waals surface area contributed by atoms with Crippen molar-refractivity contribution >= 4 is 16.9 Å². The lowest BCUT2D eigenvalue weighted by Gasteiger charge is -2.24. The monoisotopic (exact) mass is 308 g/mol. The lowest BCUT2D eigenvalue weighted by atomic mass is 10.1. The maximum atomic E-state index is 12.4. The van der Waals surface area contributed by atoms with Crippen molar-refractivity contribution < 1.29 is 4.79 Å². The van der Waals surface area contributed by atoms with E-state index in [1.54, 1.807) is 0 Å². The molecule has 7 nitrogen and oxygen atoms in total. The van der Waals surface area contributed by atoms with Crippen LogP contribution in [0.5, 0.6) is 0 Å². The molecule has 1 amide bonds. The van der Waals surface area contributed by atoms with Crippen LogP contribution in [0.4, 0.5) is 0 Å². The van der Waals surface area contributed by atoms with Gasteiger partial charge in [-0.1, -0.05) is 12.1 Å². The summed E-state index contributed by atoms with van der Waals surface area (Å²) in [6, 6.07) is 7.57. The molecule has 2 aromatic heterocycles. The first-order valence-corrected chi connectivity index (χ1v) is 7.62. The number of amides is 1. The summed E-state index contributed by atoms with van der Waals surface area (Å²) >= 11 is 0. The Labute approximate surface area is 132 Å². The summed E-state index contributed by atoms with van der Waals surface area (Å²) in [5.74, 6) is 1.67. The quantitative estimate of drug-likeness (QED) is 0.770. The van der Waals surface area contributed by atoms with Gasteiger partial charge in [-0.05, 0) is 25.5 Å². The van der Waals surface area contributed by atoms with Crippen LogP contribution in [0.25, 0.3) is 11.0 Å². The van der Waals surface area contributed by atoms with Crippen molar-refractivity contribution in [1.82, 2.24) is 30.0 Å². The number of benzene rings is 1. The molecule has 23 heavy (non-hydrogen) atoms. The first-order chi connectivity index (χ1) is 11.2. The van der Waals surface area contributed by atoms with Crippen molar-refractivity contribution in [2.45, 2.75) is 32.4 Å². The second-order valence-electron chi connectivity index (χ2n) is 5.73. The molecule has 0 radical (unpaired) electrons. The van der Waals surface area contributed by atoms with Crippen molar-refractivity contribution in [2.75, 3.05) is 0 Å². The SMILES string of the molecule is Cc1nnc2n1CC(NC(=O)c1cnc3ccccc3n1)CC2. The van der Waals surface area contributed by atoms with E-state index < -0.39 is 0 Å². The van der Waals surface area contributed by atoms with Crippen LogP contribution in [0.1, 0.15) is 28.6 Å². The van der Waals surface area contributed by atoms with Gasteiger partial charge in [0.2, 0.25) is 0 Å². The molecule has 4 rings (SSSR count). The minimum atomic E-state index is -0.192. The summed E-state index contributed by atoms with van der Waals surface area (Å²) in [5, 5.41) is 11.3. The minimum absolute atomic E-state index is 0.0537. The standard InChI is InChI=1S/C16H16N6O/c1-10-20-21-15-7-6-11(9-22(10)15)18-16(23)14-8-17-12-4-2-3-5-13(12)19-14/h2-5,8,11H,6-7,9H2,1H3,(H,18,23). The third-order valence-corrected chi connectivity index (χ3v) is 4.15. The second kappa shape index (κ2) is 5.42. The lowest BCUT2D eigenvalue weighted by molar-refractivity contribution is 0.0922. The van der Waals surface area contributed by atoms with Gasteiger partial charge in [0.15, 0.2) is 0 Å². The van der Waals surface area contributed by atoms with Crippen molar-refractivity contribution in [2.24, 2.45) is 0 Å². The number of carbonyl (C=O) groups is 1. The zero-order valence-corrected chi connectivity index (χ0v) is 12.7. The largest absolute Gasteiger partial charge is 0.346 e. The van der Waals surface area contributed by atoms with E-state index in [0.29, 0.717) is 12.2 Å². The third kappa shape index (κ3) is 2.54. The first kappa shape index (κ1) is 13.8. The van der Waals surface area contributed by atoms with E-state index in [9.17, 15) is 4.79 Å². The Kier molecular flexibility index (Phi) is 3.25. The van der Waals surface area contributed by atoms with Gasteiger partial charge in [0, 0.05) is 19.0 Å². The first-order valence-electron chi connectivity index (χ1n) is 7.62. The summed E-state index contributed by atoms with van der Waals surface area (Å²) in [7, 11) is 0. The lowest BCUT2D eigenvalue weighted by Crippen LogP contribution is -2.41. The number of nitrogens with zero attached hydrogens (tertiary/aromatic N) is 5. The van der Waals surface area contributed by atoms with E-state index in [1.807, 2.05) is 31.2 Å². The summed E-state index contributed by atoms with van der Waals surface area (Å²) in [6.45, 7) is 2.62. The molecule has 1 aliphatic rings. The average Bonchev–Trinajstić information content (AvgIpc) is 2.95. The fourth-order valence-electron chi connectivity index (χ4n) is 2.91. The van der Waals surface area contributed by atoms with Gasteiger partial charge in [0.25, 0.3) is 5.91 Å². The van der Waals surface area contributed by atoms with Gasteiger partial charge in [-0.2, -0.15) is 0 Å². The number of carbonyl (C=O) groups excluding carboxylic acids is 1. The smallest absolute Gasteiger partial charge is 0.271 e. The van der Waals surface area contributed by atoms with Crippen LogP contribution in [-0.2, 0) is 13.0 Å². The van der Waals surface area contributed by atoms with Crippen LogP contribution in [0.15, 0.2) is 30.5 Å². The number of hydrogen-bond donors (Lipinski definition) is 1. The predicted octanol–water partition coefficient (Wildman–Crippen LogP) is 1.27. The van der Waals surface area contributed by atoms with E-state index >= 15 is 0 Å². The van der Waals surface area contributed by atoms with E-state index in [1.165, 1.54) is 6.20 Å². The molecule has 0 aliphatic carbocycles. The summed E-state index contributed by atoms with van der Waals surface area (Å²) in [5.41, 5.74) is 1.85. The van der Waals surface area contributed by atoms with Gasteiger partial charge in [0.1, 0.15) is 17.3 Å². The van der Waals surface area contributed by atoms with Gasteiger partial charge in [0.05, 0.1) is 17.2 Å². The van der Waals surface area contributed by atoms with Crippen molar-refractivity contribution in [3.05, 3.63) is 47.8 Å². The fraction of sp³-hybridized carbons (Fsp3) is 0.312. The van der Waals surface area contributed by atoms with Crippen LogP contribution in [0.3, 0.4) is 0 Å². The van der Waals surface area contributed by atoms with Gasteiger partial charge >= 0.3 is 0 Å². The van der Waals surface area contributed by atoms with Gasteiger partial charge in [-0.15, -0.1) is 10.2 Å². The van der Waals surface area contributed by atoms with Crippen LogP contribution in [-0.4, -0.2) is 36.7 Å². The Morgan fingerprint density at radius 2 is 2.09 bits per heavy atom. The molecule has 0 saturated heterocycles. The number of fused-ring (bicyclic) bond motifs is 2. The predicted molar refractivity (Wildman–Crippen MR) is 83.9 cm³/mol. The van der Waals surface area contributed by atoms with Crippen molar-refractivity contribution in [3.8, 4) is 0 Å². The van der Waals surface area contributed by atoms with Crippen molar-refractivity contribution in [1.29, 1.82) is 0 Å². The Balaban J connectivity index is 1.52. The molecular formula is C16H16N6O. The van der Waals surface area contributed by atoms with Crippen molar-refractivity contribution in [3.63, 3.8) is 0 Å². The molecular weight excluding hydrogens is 292 g/mol. The topological polar surface area (TPSA) is 85.6 Å². The molecule has 1 aromatic carbocycles. The Morgan fingerprint density at radius 1 is 1.26 bits per heavy atom. The number of hydrogen-bond acceptors (Lipinski definition) is 5. The molecule has 3 aromatic rings. The normalized spacial score (nSPS) is 17.0. The molecule has 0 spiro atoms. The molecule has 7 heteroatoms. The second-order valence-corrected chi connectivity index (χ2v) is 5.73. The molecule has 1 aliphatic heterocycles. The Hall–Kier alpha value is -2.83. The highest BCUT2D eigenvalue weighted by molar-refractivity contribution is 5.93. The number of para-hydroxylation sites is 2. The molecule has 0 fully saturated rings. The van der Waals surface area contributed by atoms with Crippen LogP contribution in [0.2, 0.25) is 0 Å². The third-order valence-electron chi connectivity index (χ3n) is 4.15. The van der Waals surface area contributed by atoms with E-state index in [2.05, 4.69) is 30.0 Å². The maximum Gasteiger partial charge on any atom is 0.271 e. The molecule has 1 atom stereocenters. The molecule has 0 saturated carbocycles. The zero-order chi connectivity index (χ0) is 15.8. The van der Waals surface area contributed by atoms with Crippen LogP contribution < -0.4 is 5.32 Å². The number of aryl methyl sites for hydroxylation is 2. The average molecular weight is 308 g/mol. The van der Waals surface area contributed by atoms with Gasteiger partial charge in [-0.25, -0.2) is 4.98 Å². The zero-order valence-electron chi connectivity index (χ0n) is 12.7.